The van der Waals surface area contributed by atoms with Crippen LogP contribution in [-0.4, -0.2) is 54.7 Å². The average molecular weight is 396 g/mol. The largest absolute Gasteiger partial charge is 0.450 e. The SMILES string of the molecule is CCOC(=O)N1CCN(c2cncc(C(=O)Nc3ccc(C(C)C)cc3)c2)CC1. The van der Waals surface area contributed by atoms with Crippen molar-refractivity contribution in [3.63, 3.8) is 0 Å². The molecule has 29 heavy (non-hydrogen) atoms. The Morgan fingerprint density at radius 3 is 2.41 bits per heavy atom. The van der Waals surface area contributed by atoms with Crippen molar-refractivity contribution < 1.29 is 14.3 Å². The van der Waals surface area contributed by atoms with Crippen molar-refractivity contribution >= 4 is 23.4 Å². The Hall–Kier alpha value is -3.09. The van der Waals surface area contributed by atoms with E-state index in [1.807, 2.05) is 30.3 Å². The molecule has 3 rings (SSSR count). The summed E-state index contributed by atoms with van der Waals surface area (Å²) in [6.07, 6.45) is 3.03. The van der Waals surface area contributed by atoms with Crippen LogP contribution in [0.1, 0.15) is 42.6 Å². The van der Waals surface area contributed by atoms with Gasteiger partial charge in [-0.25, -0.2) is 4.79 Å². The molecule has 1 aliphatic heterocycles. The Morgan fingerprint density at radius 2 is 1.79 bits per heavy atom. The number of ether oxygens (including phenoxy) is 1. The smallest absolute Gasteiger partial charge is 0.409 e. The minimum atomic E-state index is -0.276. The van der Waals surface area contributed by atoms with E-state index in [0.717, 1.165) is 11.4 Å². The molecule has 2 heterocycles. The van der Waals surface area contributed by atoms with Crippen LogP contribution in [0.5, 0.6) is 0 Å². The lowest BCUT2D eigenvalue weighted by Crippen LogP contribution is -2.49. The first-order valence-corrected chi connectivity index (χ1v) is 10.0. The number of pyridine rings is 1. The van der Waals surface area contributed by atoms with Crippen molar-refractivity contribution in [2.45, 2.75) is 26.7 Å². The van der Waals surface area contributed by atoms with Crippen LogP contribution in [0.15, 0.2) is 42.7 Å². The summed E-state index contributed by atoms with van der Waals surface area (Å²) < 4.78 is 5.05. The molecule has 1 saturated heterocycles. The molecule has 1 aliphatic rings. The zero-order valence-electron chi connectivity index (χ0n) is 17.2. The first kappa shape index (κ1) is 20.6. The maximum Gasteiger partial charge on any atom is 0.409 e. The van der Waals surface area contributed by atoms with Gasteiger partial charge in [0.05, 0.1) is 24.1 Å². The molecule has 2 amide bonds. The Labute approximate surface area is 171 Å². The monoisotopic (exact) mass is 396 g/mol. The lowest BCUT2D eigenvalue weighted by molar-refractivity contribution is 0.102. The molecule has 7 nitrogen and oxygen atoms in total. The molecule has 7 heteroatoms. The van der Waals surface area contributed by atoms with E-state index in [2.05, 4.69) is 29.0 Å². The number of rotatable bonds is 5. The third-order valence-electron chi connectivity index (χ3n) is 4.99. The normalized spacial score (nSPS) is 14.1. The number of piperazine rings is 1. The van der Waals surface area contributed by atoms with Gasteiger partial charge in [-0.05, 0) is 36.6 Å². The molecule has 0 radical (unpaired) electrons. The fourth-order valence-electron chi connectivity index (χ4n) is 3.24. The van der Waals surface area contributed by atoms with E-state index in [4.69, 9.17) is 4.74 Å². The van der Waals surface area contributed by atoms with Gasteiger partial charge in [-0.2, -0.15) is 0 Å². The molecule has 0 bridgehead atoms. The van der Waals surface area contributed by atoms with E-state index in [1.54, 1.807) is 24.2 Å². The summed E-state index contributed by atoms with van der Waals surface area (Å²) in [6, 6.07) is 9.72. The molecule has 0 saturated carbocycles. The van der Waals surface area contributed by atoms with E-state index in [0.29, 0.717) is 44.3 Å². The third-order valence-corrected chi connectivity index (χ3v) is 4.99. The van der Waals surface area contributed by atoms with Gasteiger partial charge in [-0.3, -0.25) is 9.78 Å². The number of aromatic nitrogens is 1. The quantitative estimate of drug-likeness (QED) is 0.833. The van der Waals surface area contributed by atoms with Gasteiger partial charge in [-0.15, -0.1) is 0 Å². The number of nitrogens with one attached hydrogen (secondary N) is 1. The molecule has 2 aromatic rings. The fraction of sp³-hybridized carbons (Fsp3) is 0.409. The first-order valence-electron chi connectivity index (χ1n) is 10.0. The lowest BCUT2D eigenvalue weighted by Gasteiger charge is -2.35. The predicted octanol–water partition coefficient (Wildman–Crippen LogP) is 3.74. The summed E-state index contributed by atoms with van der Waals surface area (Å²) in [5.74, 6) is 0.256. The van der Waals surface area contributed by atoms with Crippen LogP contribution in [0, 0.1) is 0 Å². The van der Waals surface area contributed by atoms with Crippen molar-refractivity contribution in [1.82, 2.24) is 9.88 Å². The standard InChI is InChI=1S/C22H28N4O3/c1-4-29-22(28)26-11-9-25(10-12-26)20-13-18(14-23-15-20)21(27)24-19-7-5-17(6-8-19)16(2)3/h5-8,13-16H,4,9-12H2,1-3H3,(H,24,27). The number of nitrogens with zero attached hydrogens (tertiary/aromatic N) is 3. The zero-order chi connectivity index (χ0) is 20.8. The summed E-state index contributed by atoms with van der Waals surface area (Å²) in [5.41, 5.74) is 3.36. The average Bonchev–Trinajstić information content (AvgIpc) is 2.74. The maximum atomic E-state index is 12.6. The fourth-order valence-corrected chi connectivity index (χ4v) is 3.24. The number of benzene rings is 1. The van der Waals surface area contributed by atoms with E-state index in [9.17, 15) is 9.59 Å². The number of anilines is 2. The van der Waals surface area contributed by atoms with Gasteiger partial charge in [0.2, 0.25) is 0 Å². The van der Waals surface area contributed by atoms with Crippen LogP contribution < -0.4 is 10.2 Å². The van der Waals surface area contributed by atoms with Crippen molar-refractivity contribution in [2.75, 3.05) is 43.0 Å². The number of carbonyl (C=O) groups excluding carboxylic acids is 2. The molecular formula is C22H28N4O3. The summed E-state index contributed by atoms with van der Waals surface area (Å²) in [6.45, 7) is 8.95. The van der Waals surface area contributed by atoms with Gasteiger partial charge in [0.1, 0.15) is 0 Å². The maximum absolute atomic E-state index is 12.6. The Kier molecular flexibility index (Phi) is 6.69. The highest BCUT2D eigenvalue weighted by Crippen LogP contribution is 2.20. The zero-order valence-corrected chi connectivity index (χ0v) is 17.2. The Morgan fingerprint density at radius 1 is 1.10 bits per heavy atom. The van der Waals surface area contributed by atoms with Crippen molar-refractivity contribution in [1.29, 1.82) is 0 Å². The second-order valence-electron chi connectivity index (χ2n) is 7.34. The Bertz CT molecular complexity index is 843. The van der Waals surface area contributed by atoms with E-state index >= 15 is 0 Å². The Balaban J connectivity index is 1.62. The van der Waals surface area contributed by atoms with Gasteiger partial charge in [0.15, 0.2) is 0 Å². The first-order chi connectivity index (χ1) is 14.0. The highest BCUT2D eigenvalue weighted by molar-refractivity contribution is 6.04. The van der Waals surface area contributed by atoms with Crippen LogP contribution in [0.25, 0.3) is 0 Å². The van der Waals surface area contributed by atoms with Crippen molar-refractivity contribution in [2.24, 2.45) is 0 Å². The van der Waals surface area contributed by atoms with Crippen molar-refractivity contribution in [3.05, 3.63) is 53.9 Å². The lowest BCUT2D eigenvalue weighted by atomic mass is 10.0. The molecule has 154 valence electrons. The van der Waals surface area contributed by atoms with Crippen LogP contribution >= 0.6 is 0 Å². The summed E-state index contributed by atoms with van der Waals surface area (Å²) in [4.78, 5) is 32.5. The molecule has 0 atom stereocenters. The molecule has 0 spiro atoms. The van der Waals surface area contributed by atoms with Crippen LogP contribution in [0.3, 0.4) is 0 Å². The molecule has 1 aromatic carbocycles. The molecule has 1 aromatic heterocycles. The second kappa shape index (κ2) is 9.41. The van der Waals surface area contributed by atoms with Gasteiger partial charge in [0, 0.05) is 38.1 Å². The molecule has 1 fully saturated rings. The third kappa shape index (κ3) is 5.25. The minimum absolute atomic E-state index is 0.193. The second-order valence-corrected chi connectivity index (χ2v) is 7.34. The van der Waals surface area contributed by atoms with E-state index in [1.165, 1.54) is 5.56 Å². The van der Waals surface area contributed by atoms with Crippen LogP contribution in [0.4, 0.5) is 16.2 Å². The van der Waals surface area contributed by atoms with Crippen molar-refractivity contribution in [3.8, 4) is 0 Å². The summed E-state index contributed by atoms with van der Waals surface area (Å²) in [7, 11) is 0. The van der Waals surface area contributed by atoms with Crippen LogP contribution in [0.2, 0.25) is 0 Å². The highest BCUT2D eigenvalue weighted by atomic mass is 16.6. The number of amides is 2. The van der Waals surface area contributed by atoms with Gasteiger partial charge in [-0.1, -0.05) is 26.0 Å². The topological polar surface area (TPSA) is 74.8 Å². The predicted molar refractivity (Wildman–Crippen MR) is 114 cm³/mol. The number of carbonyl (C=O) groups is 2. The molecular weight excluding hydrogens is 368 g/mol. The van der Waals surface area contributed by atoms with E-state index in [-0.39, 0.29) is 12.0 Å². The molecule has 0 unspecified atom stereocenters. The molecule has 1 N–H and O–H groups in total. The minimum Gasteiger partial charge on any atom is -0.450 e. The van der Waals surface area contributed by atoms with Gasteiger partial charge >= 0.3 is 6.09 Å². The summed E-state index contributed by atoms with van der Waals surface area (Å²) in [5, 5.41) is 2.92. The van der Waals surface area contributed by atoms with Crippen LogP contribution in [-0.2, 0) is 4.74 Å². The highest BCUT2D eigenvalue weighted by Gasteiger charge is 2.22. The van der Waals surface area contributed by atoms with Gasteiger partial charge < -0.3 is 19.9 Å². The summed E-state index contributed by atoms with van der Waals surface area (Å²) >= 11 is 0. The number of hydrogen-bond donors (Lipinski definition) is 1. The van der Waals surface area contributed by atoms with E-state index < -0.39 is 0 Å². The van der Waals surface area contributed by atoms with Gasteiger partial charge in [0.25, 0.3) is 5.91 Å². The molecule has 0 aliphatic carbocycles. The number of hydrogen-bond acceptors (Lipinski definition) is 5.